The van der Waals surface area contributed by atoms with E-state index in [1.165, 1.54) is 0 Å². The molecule has 0 saturated heterocycles. The van der Waals surface area contributed by atoms with Gasteiger partial charge >= 0.3 is 0 Å². The molecule has 0 fully saturated rings. The normalized spacial score (nSPS) is 10.7. The highest BCUT2D eigenvalue weighted by Crippen LogP contribution is 2.24. The van der Waals surface area contributed by atoms with Crippen molar-refractivity contribution in [3.8, 4) is 0 Å². The maximum Gasteiger partial charge on any atom is 0.257 e. The molecule has 0 radical (unpaired) electrons. The number of benzene rings is 1. The van der Waals surface area contributed by atoms with Crippen LogP contribution in [0.4, 0.5) is 5.69 Å². The quantitative estimate of drug-likeness (QED) is 0.879. The summed E-state index contributed by atoms with van der Waals surface area (Å²) in [4.78, 5) is 12.1. The standard InChI is InChI=1S/C15H18N2O/c1-11(2)13-6-4-5-7-14(13)16-15(18)12-8-9-17(3)10-12/h4-11H,1-3H3,(H,16,18). The first-order valence-corrected chi connectivity index (χ1v) is 6.10. The summed E-state index contributed by atoms with van der Waals surface area (Å²) < 4.78 is 1.86. The number of hydrogen-bond donors (Lipinski definition) is 1. The fourth-order valence-corrected chi connectivity index (χ4v) is 1.95. The van der Waals surface area contributed by atoms with Crippen molar-refractivity contribution >= 4 is 11.6 Å². The van der Waals surface area contributed by atoms with Gasteiger partial charge in [0.1, 0.15) is 0 Å². The molecule has 2 rings (SSSR count). The summed E-state index contributed by atoms with van der Waals surface area (Å²) in [5.41, 5.74) is 2.72. The van der Waals surface area contributed by atoms with Crippen molar-refractivity contribution < 1.29 is 4.79 Å². The largest absolute Gasteiger partial charge is 0.356 e. The number of rotatable bonds is 3. The van der Waals surface area contributed by atoms with Gasteiger partial charge in [0.15, 0.2) is 0 Å². The van der Waals surface area contributed by atoms with Crippen molar-refractivity contribution in [3.05, 3.63) is 53.9 Å². The van der Waals surface area contributed by atoms with Crippen molar-refractivity contribution in [2.24, 2.45) is 7.05 Å². The van der Waals surface area contributed by atoms with Gasteiger partial charge in [-0.3, -0.25) is 4.79 Å². The number of aryl methyl sites for hydroxylation is 1. The first kappa shape index (κ1) is 12.4. The Morgan fingerprint density at radius 2 is 1.94 bits per heavy atom. The summed E-state index contributed by atoms with van der Waals surface area (Å²) in [7, 11) is 1.90. The Hall–Kier alpha value is -2.03. The Morgan fingerprint density at radius 3 is 2.56 bits per heavy atom. The predicted octanol–water partition coefficient (Wildman–Crippen LogP) is 3.40. The van der Waals surface area contributed by atoms with Gasteiger partial charge in [-0.2, -0.15) is 0 Å². The highest BCUT2D eigenvalue weighted by Gasteiger charge is 2.11. The molecule has 2 aromatic rings. The number of amides is 1. The van der Waals surface area contributed by atoms with Gasteiger partial charge in [0.25, 0.3) is 5.91 Å². The van der Waals surface area contributed by atoms with E-state index >= 15 is 0 Å². The molecule has 0 aliphatic heterocycles. The first-order valence-electron chi connectivity index (χ1n) is 6.10. The monoisotopic (exact) mass is 242 g/mol. The van der Waals surface area contributed by atoms with Gasteiger partial charge in [0, 0.05) is 25.1 Å². The molecule has 3 heteroatoms. The number of hydrogen-bond acceptors (Lipinski definition) is 1. The summed E-state index contributed by atoms with van der Waals surface area (Å²) in [5.74, 6) is 0.320. The highest BCUT2D eigenvalue weighted by molar-refractivity contribution is 6.04. The van der Waals surface area contributed by atoms with Crippen LogP contribution in [0.15, 0.2) is 42.7 Å². The van der Waals surface area contributed by atoms with Crippen LogP contribution in [-0.4, -0.2) is 10.5 Å². The lowest BCUT2D eigenvalue weighted by atomic mass is 10.0. The summed E-state index contributed by atoms with van der Waals surface area (Å²) in [6, 6.07) is 9.73. The third-order valence-corrected chi connectivity index (χ3v) is 2.93. The van der Waals surface area contributed by atoms with Gasteiger partial charge in [0.2, 0.25) is 0 Å². The van der Waals surface area contributed by atoms with Crippen LogP contribution in [0, 0.1) is 0 Å². The molecule has 1 heterocycles. The number of carbonyl (C=O) groups is 1. The van der Waals surface area contributed by atoms with E-state index in [4.69, 9.17) is 0 Å². The molecule has 1 aromatic heterocycles. The van der Waals surface area contributed by atoms with E-state index in [2.05, 4.69) is 19.2 Å². The van der Waals surface area contributed by atoms with Crippen LogP contribution >= 0.6 is 0 Å². The Balaban J connectivity index is 2.22. The minimum atomic E-state index is -0.0660. The average molecular weight is 242 g/mol. The molecule has 0 saturated carbocycles. The van der Waals surface area contributed by atoms with E-state index in [-0.39, 0.29) is 5.91 Å². The van der Waals surface area contributed by atoms with Crippen LogP contribution in [0.25, 0.3) is 0 Å². The van der Waals surface area contributed by atoms with Gasteiger partial charge in [-0.1, -0.05) is 32.0 Å². The summed E-state index contributed by atoms with van der Waals surface area (Å²) in [6.07, 6.45) is 3.68. The van der Waals surface area contributed by atoms with Gasteiger partial charge in [-0.25, -0.2) is 0 Å². The van der Waals surface area contributed by atoms with Crippen molar-refractivity contribution in [2.75, 3.05) is 5.32 Å². The molecule has 18 heavy (non-hydrogen) atoms. The lowest BCUT2D eigenvalue weighted by Crippen LogP contribution is -2.13. The third kappa shape index (κ3) is 2.62. The SMILES string of the molecule is CC(C)c1ccccc1NC(=O)c1ccn(C)c1. The topological polar surface area (TPSA) is 34.0 Å². The molecular weight excluding hydrogens is 224 g/mol. The van der Waals surface area contributed by atoms with E-state index in [1.54, 1.807) is 0 Å². The number of nitrogens with one attached hydrogen (secondary N) is 1. The molecular formula is C15H18N2O. The Bertz CT molecular complexity index is 555. The lowest BCUT2D eigenvalue weighted by Gasteiger charge is -2.13. The predicted molar refractivity (Wildman–Crippen MR) is 73.9 cm³/mol. The van der Waals surface area contributed by atoms with Gasteiger partial charge < -0.3 is 9.88 Å². The summed E-state index contributed by atoms with van der Waals surface area (Å²) in [6.45, 7) is 4.24. The van der Waals surface area contributed by atoms with E-state index in [0.29, 0.717) is 11.5 Å². The Kier molecular flexibility index (Phi) is 3.51. The van der Waals surface area contributed by atoms with Crippen molar-refractivity contribution in [1.82, 2.24) is 4.57 Å². The van der Waals surface area contributed by atoms with E-state index in [0.717, 1.165) is 11.3 Å². The van der Waals surface area contributed by atoms with Crippen LogP contribution in [0.5, 0.6) is 0 Å². The number of aromatic nitrogens is 1. The Morgan fingerprint density at radius 1 is 1.22 bits per heavy atom. The van der Waals surface area contributed by atoms with Crippen LogP contribution in [0.2, 0.25) is 0 Å². The Labute approximate surface area is 107 Å². The zero-order valence-corrected chi connectivity index (χ0v) is 11.0. The van der Waals surface area contributed by atoms with Crippen LogP contribution in [-0.2, 0) is 7.05 Å². The van der Waals surface area contributed by atoms with Crippen molar-refractivity contribution in [1.29, 1.82) is 0 Å². The number of para-hydroxylation sites is 1. The molecule has 3 nitrogen and oxygen atoms in total. The van der Waals surface area contributed by atoms with Crippen molar-refractivity contribution in [3.63, 3.8) is 0 Å². The fourth-order valence-electron chi connectivity index (χ4n) is 1.95. The van der Waals surface area contributed by atoms with Gasteiger partial charge in [-0.05, 0) is 23.6 Å². The van der Waals surface area contributed by atoms with Gasteiger partial charge in [-0.15, -0.1) is 0 Å². The molecule has 0 bridgehead atoms. The first-order chi connectivity index (χ1) is 8.58. The smallest absolute Gasteiger partial charge is 0.257 e. The second-order valence-corrected chi connectivity index (χ2v) is 4.76. The zero-order valence-electron chi connectivity index (χ0n) is 11.0. The number of carbonyl (C=O) groups excluding carboxylic acids is 1. The number of anilines is 1. The molecule has 1 amide bonds. The molecule has 1 aromatic carbocycles. The molecule has 94 valence electrons. The number of nitrogens with zero attached hydrogens (tertiary/aromatic N) is 1. The van der Waals surface area contributed by atoms with Crippen LogP contribution in [0.3, 0.4) is 0 Å². The summed E-state index contributed by atoms with van der Waals surface area (Å²) >= 11 is 0. The highest BCUT2D eigenvalue weighted by atomic mass is 16.1. The third-order valence-electron chi connectivity index (χ3n) is 2.93. The maximum atomic E-state index is 12.1. The van der Waals surface area contributed by atoms with E-state index in [9.17, 15) is 4.79 Å². The minimum Gasteiger partial charge on any atom is -0.356 e. The van der Waals surface area contributed by atoms with Crippen LogP contribution in [0.1, 0.15) is 35.7 Å². The van der Waals surface area contributed by atoms with Crippen molar-refractivity contribution in [2.45, 2.75) is 19.8 Å². The zero-order chi connectivity index (χ0) is 13.1. The fraction of sp³-hybridized carbons (Fsp3) is 0.267. The molecule has 0 unspecified atom stereocenters. The van der Waals surface area contributed by atoms with E-state index < -0.39 is 0 Å². The second-order valence-electron chi connectivity index (χ2n) is 4.76. The molecule has 1 N–H and O–H groups in total. The van der Waals surface area contributed by atoms with Crippen LogP contribution < -0.4 is 5.32 Å². The average Bonchev–Trinajstić information content (AvgIpc) is 2.76. The van der Waals surface area contributed by atoms with Gasteiger partial charge in [0.05, 0.1) is 5.56 Å². The molecule has 0 aliphatic carbocycles. The molecule has 0 aliphatic rings. The maximum absolute atomic E-state index is 12.1. The second kappa shape index (κ2) is 5.08. The van der Waals surface area contributed by atoms with E-state index in [1.807, 2.05) is 54.3 Å². The lowest BCUT2D eigenvalue weighted by molar-refractivity contribution is 0.102. The molecule has 0 spiro atoms. The summed E-state index contributed by atoms with van der Waals surface area (Å²) in [5, 5.41) is 2.97. The minimum absolute atomic E-state index is 0.0660. The molecule has 0 atom stereocenters.